The zero-order chi connectivity index (χ0) is 12.1. The van der Waals surface area contributed by atoms with Crippen molar-refractivity contribution in [2.24, 2.45) is 11.8 Å². The van der Waals surface area contributed by atoms with Gasteiger partial charge in [-0.05, 0) is 18.8 Å². The molecule has 2 atom stereocenters. The third-order valence-corrected chi connectivity index (χ3v) is 3.43. The predicted octanol–water partition coefficient (Wildman–Crippen LogP) is 1.29. The highest BCUT2D eigenvalue weighted by molar-refractivity contribution is 5.78. The summed E-state index contributed by atoms with van der Waals surface area (Å²) in [5, 5.41) is 9.54. The van der Waals surface area contributed by atoms with Crippen LogP contribution in [-0.2, 0) is 11.2 Å². The van der Waals surface area contributed by atoms with Crippen molar-refractivity contribution in [3.05, 3.63) is 12.2 Å². The minimum Gasteiger partial charge on any atom is -0.355 e. The van der Waals surface area contributed by atoms with Crippen molar-refractivity contribution in [1.29, 1.82) is 0 Å². The Morgan fingerprint density at radius 2 is 2.47 bits per heavy atom. The normalized spacial score (nSPS) is 24.5. The largest absolute Gasteiger partial charge is 0.355 e. The molecular weight excluding hydrogens is 216 g/mol. The van der Waals surface area contributed by atoms with E-state index in [2.05, 4.69) is 27.4 Å². The standard InChI is InChI=1S/C12H20N4O/c1-9-3-2-4-10(7-9)12(17)13-6-5-11-14-8-15-16-11/h8-10H,2-7H2,1H3,(H,13,17)(H,14,15,16)/t9-,10+/m1/s1. The van der Waals surface area contributed by atoms with Gasteiger partial charge in [-0.25, -0.2) is 4.98 Å². The molecule has 1 aliphatic rings. The maximum atomic E-state index is 11.9. The lowest BCUT2D eigenvalue weighted by atomic mass is 9.82. The molecule has 2 rings (SSSR count). The average molecular weight is 236 g/mol. The number of rotatable bonds is 4. The summed E-state index contributed by atoms with van der Waals surface area (Å²) in [7, 11) is 0. The van der Waals surface area contributed by atoms with E-state index in [-0.39, 0.29) is 11.8 Å². The van der Waals surface area contributed by atoms with Crippen LogP contribution < -0.4 is 5.32 Å². The molecule has 0 unspecified atom stereocenters. The monoisotopic (exact) mass is 236 g/mol. The summed E-state index contributed by atoms with van der Waals surface area (Å²) in [5.41, 5.74) is 0. The van der Waals surface area contributed by atoms with Gasteiger partial charge in [0.1, 0.15) is 12.2 Å². The Labute approximate surface area is 101 Å². The van der Waals surface area contributed by atoms with Crippen molar-refractivity contribution in [1.82, 2.24) is 20.5 Å². The Balaban J connectivity index is 1.70. The summed E-state index contributed by atoms with van der Waals surface area (Å²) in [6, 6.07) is 0. The Morgan fingerprint density at radius 3 is 3.18 bits per heavy atom. The number of hydrogen-bond acceptors (Lipinski definition) is 3. The number of H-pyrrole nitrogens is 1. The summed E-state index contributed by atoms with van der Waals surface area (Å²) >= 11 is 0. The van der Waals surface area contributed by atoms with Crippen molar-refractivity contribution in [3.8, 4) is 0 Å². The lowest BCUT2D eigenvalue weighted by Gasteiger charge is -2.25. The van der Waals surface area contributed by atoms with Crippen LogP contribution in [-0.4, -0.2) is 27.6 Å². The summed E-state index contributed by atoms with van der Waals surface area (Å²) in [5.74, 6) is 1.93. The summed E-state index contributed by atoms with van der Waals surface area (Å²) in [4.78, 5) is 15.9. The van der Waals surface area contributed by atoms with Crippen LogP contribution in [0, 0.1) is 11.8 Å². The first-order valence-corrected chi connectivity index (χ1v) is 6.37. The molecule has 1 aromatic rings. The van der Waals surface area contributed by atoms with Crippen molar-refractivity contribution in [2.45, 2.75) is 39.0 Å². The smallest absolute Gasteiger partial charge is 0.223 e. The Kier molecular flexibility index (Phi) is 4.12. The van der Waals surface area contributed by atoms with Gasteiger partial charge in [-0.1, -0.05) is 19.8 Å². The van der Waals surface area contributed by atoms with Gasteiger partial charge in [-0.3, -0.25) is 9.89 Å². The molecule has 5 nitrogen and oxygen atoms in total. The van der Waals surface area contributed by atoms with Crippen LogP contribution in [0.3, 0.4) is 0 Å². The molecule has 0 bridgehead atoms. The molecule has 1 aliphatic carbocycles. The Morgan fingerprint density at radius 1 is 1.59 bits per heavy atom. The highest BCUT2D eigenvalue weighted by Gasteiger charge is 2.24. The van der Waals surface area contributed by atoms with Crippen LogP contribution >= 0.6 is 0 Å². The van der Waals surface area contributed by atoms with E-state index in [4.69, 9.17) is 0 Å². The second kappa shape index (κ2) is 5.80. The first-order valence-electron chi connectivity index (χ1n) is 6.37. The van der Waals surface area contributed by atoms with Crippen LogP contribution in [0.25, 0.3) is 0 Å². The lowest BCUT2D eigenvalue weighted by molar-refractivity contribution is -0.126. The minimum absolute atomic E-state index is 0.205. The number of hydrogen-bond donors (Lipinski definition) is 2. The van der Waals surface area contributed by atoms with E-state index < -0.39 is 0 Å². The van der Waals surface area contributed by atoms with Crippen LogP contribution in [0.4, 0.5) is 0 Å². The predicted molar refractivity (Wildman–Crippen MR) is 64.2 cm³/mol. The van der Waals surface area contributed by atoms with Crippen molar-refractivity contribution < 1.29 is 4.79 Å². The zero-order valence-electron chi connectivity index (χ0n) is 10.3. The molecule has 1 saturated carbocycles. The number of nitrogens with one attached hydrogen (secondary N) is 2. The fourth-order valence-electron chi connectivity index (χ4n) is 2.47. The van der Waals surface area contributed by atoms with Gasteiger partial charge in [0.2, 0.25) is 5.91 Å². The second-order valence-electron chi connectivity index (χ2n) is 4.94. The molecule has 1 aromatic heterocycles. The van der Waals surface area contributed by atoms with E-state index in [0.717, 1.165) is 18.7 Å². The van der Waals surface area contributed by atoms with E-state index >= 15 is 0 Å². The molecule has 17 heavy (non-hydrogen) atoms. The van der Waals surface area contributed by atoms with Crippen molar-refractivity contribution >= 4 is 5.91 Å². The maximum Gasteiger partial charge on any atom is 0.223 e. The summed E-state index contributed by atoms with van der Waals surface area (Å²) in [6.45, 7) is 2.87. The number of carbonyl (C=O) groups excluding carboxylic acids is 1. The van der Waals surface area contributed by atoms with E-state index in [1.165, 1.54) is 19.2 Å². The van der Waals surface area contributed by atoms with Crippen molar-refractivity contribution in [2.75, 3.05) is 6.54 Å². The van der Waals surface area contributed by atoms with Crippen molar-refractivity contribution in [3.63, 3.8) is 0 Å². The van der Waals surface area contributed by atoms with Gasteiger partial charge in [0, 0.05) is 18.9 Å². The van der Waals surface area contributed by atoms with Gasteiger partial charge in [0.25, 0.3) is 0 Å². The highest BCUT2D eigenvalue weighted by atomic mass is 16.1. The number of carbonyl (C=O) groups is 1. The summed E-state index contributed by atoms with van der Waals surface area (Å²) < 4.78 is 0. The van der Waals surface area contributed by atoms with Crippen LogP contribution in [0.1, 0.15) is 38.4 Å². The molecule has 0 aliphatic heterocycles. The zero-order valence-corrected chi connectivity index (χ0v) is 10.3. The molecule has 1 fully saturated rings. The third kappa shape index (κ3) is 3.54. The SMILES string of the molecule is C[C@@H]1CCC[C@H](C(=O)NCCc2ncn[nH]2)C1. The van der Waals surface area contributed by atoms with Gasteiger partial charge >= 0.3 is 0 Å². The molecule has 1 amide bonds. The molecule has 0 spiro atoms. The third-order valence-electron chi connectivity index (χ3n) is 3.43. The molecular formula is C12H20N4O. The first-order chi connectivity index (χ1) is 8.25. The maximum absolute atomic E-state index is 11.9. The van der Waals surface area contributed by atoms with Gasteiger partial charge in [-0.15, -0.1) is 0 Å². The van der Waals surface area contributed by atoms with Crippen LogP contribution in [0.15, 0.2) is 6.33 Å². The topological polar surface area (TPSA) is 70.7 Å². The summed E-state index contributed by atoms with van der Waals surface area (Å²) in [6.07, 6.45) is 6.73. The Hall–Kier alpha value is -1.39. The fourth-order valence-corrected chi connectivity index (χ4v) is 2.47. The molecule has 0 aromatic carbocycles. The Bertz CT molecular complexity index is 349. The molecule has 2 N–H and O–H groups in total. The number of aromatic nitrogens is 3. The second-order valence-corrected chi connectivity index (χ2v) is 4.94. The van der Waals surface area contributed by atoms with Gasteiger partial charge in [0.05, 0.1) is 0 Å². The van der Waals surface area contributed by atoms with E-state index in [1.54, 1.807) is 0 Å². The molecule has 0 radical (unpaired) electrons. The highest BCUT2D eigenvalue weighted by Crippen LogP contribution is 2.28. The first kappa shape index (κ1) is 12.1. The molecule has 5 heteroatoms. The molecule has 1 heterocycles. The number of aromatic amines is 1. The molecule has 94 valence electrons. The van der Waals surface area contributed by atoms with E-state index in [9.17, 15) is 4.79 Å². The van der Waals surface area contributed by atoms with Gasteiger partial charge in [0.15, 0.2) is 0 Å². The number of amides is 1. The fraction of sp³-hybridized carbons (Fsp3) is 0.750. The number of nitrogens with zero attached hydrogens (tertiary/aromatic N) is 2. The van der Waals surface area contributed by atoms with Crippen LogP contribution in [0.5, 0.6) is 0 Å². The van der Waals surface area contributed by atoms with Crippen LogP contribution in [0.2, 0.25) is 0 Å². The minimum atomic E-state index is 0.205. The van der Waals surface area contributed by atoms with E-state index in [1.807, 2.05) is 0 Å². The van der Waals surface area contributed by atoms with Gasteiger partial charge in [-0.2, -0.15) is 5.10 Å². The lowest BCUT2D eigenvalue weighted by Crippen LogP contribution is -2.34. The quantitative estimate of drug-likeness (QED) is 0.827. The average Bonchev–Trinajstić information content (AvgIpc) is 2.82. The van der Waals surface area contributed by atoms with Gasteiger partial charge < -0.3 is 5.32 Å². The molecule has 0 saturated heterocycles. The van der Waals surface area contributed by atoms with E-state index in [0.29, 0.717) is 18.9 Å².